The van der Waals surface area contributed by atoms with Crippen LogP contribution in [0.2, 0.25) is 0 Å². The van der Waals surface area contributed by atoms with Gasteiger partial charge in [-0.3, -0.25) is 14.9 Å². The summed E-state index contributed by atoms with van der Waals surface area (Å²) in [6, 6.07) is 12.5. The molecule has 3 rings (SSSR count). The molecule has 1 heterocycles. The van der Waals surface area contributed by atoms with E-state index in [1.807, 2.05) is 49.7 Å². The highest BCUT2D eigenvalue weighted by Crippen LogP contribution is 2.23. The van der Waals surface area contributed by atoms with Crippen LogP contribution < -0.4 is 0 Å². The molecule has 0 radical (unpaired) electrons. The molecule has 0 atom stereocenters. The number of hydrogen-bond donors (Lipinski definition) is 0. The number of para-hydroxylation sites is 1. The standard InChI is InChI=1S/C22H24N4O3/c1-14-8-6-7-9-20(14)25-17(4)19(16(3)23-25)13-24(5)22(27)18-10-11-21(26(28)29)15(2)12-18/h6-12H,13H2,1-5H3. The van der Waals surface area contributed by atoms with Gasteiger partial charge in [-0.2, -0.15) is 5.10 Å². The molecule has 0 N–H and O–H groups in total. The first kappa shape index (κ1) is 20.3. The zero-order chi connectivity index (χ0) is 21.3. The lowest BCUT2D eigenvalue weighted by atomic mass is 10.1. The summed E-state index contributed by atoms with van der Waals surface area (Å²) < 4.78 is 1.91. The lowest BCUT2D eigenvalue weighted by Crippen LogP contribution is -2.26. The van der Waals surface area contributed by atoms with E-state index in [-0.39, 0.29) is 11.6 Å². The van der Waals surface area contributed by atoms with E-state index in [4.69, 9.17) is 0 Å². The van der Waals surface area contributed by atoms with Crippen molar-refractivity contribution in [2.24, 2.45) is 0 Å². The van der Waals surface area contributed by atoms with Crippen molar-refractivity contribution in [3.05, 3.63) is 86.2 Å². The van der Waals surface area contributed by atoms with Crippen LogP contribution in [0, 0.1) is 37.8 Å². The summed E-state index contributed by atoms with van der Waals surface area (Å²) in [4.78, 5) is 25.0. The third-order valence-corrected chi connectivity index (χ3v) is 5.17. The van der Waals surface area contributed by atoms with Crippen LogP contribution in [0.25, 0.3) is 5.69 Å². The number of carbonyl (C=O) groups excluding carboxylic acids is 1. The molecule has 0 spiro atoms. The van der Waals surface area contributed by atoms with E-state index in [9.17, 15) is 14.9 Å². The number of nitro benzene ring substituents is 1. The van der Waals surface area contributed by atoms with E-state index in [0.29, 0.717) is 17.7 Å². The summed E-state index contributed by atoms with van der Waals surface area (Å²) in [5, 5.41) is 15.7. The fraction of sp³-hybridized carbons (Fsp3) is 0.273. The molecule has 0 aliphatic rings. The number of amides is 1. The molecule has 0 bridgehead atoms. The zero-order valence-electron chi connectivity index (χ0n) is 17.3. The molecule has 0 aliphatic heterocycles. The summed E-state index contributed by atoms with van der Waals surface area (Å²) in [6.45, 7) is 8.01. The molecular weight excluding hydrogens is 368 g/mol. The summed E-state index contributed by atoms with van der Waals surface area (Å²) in [5.41, 5.74) is 5.88. The molecule has 0 unspecified atom stereocenters. The molecule has 0 fully saturated rings. The highest BCUT2D eigenvalue weighted by Gasteiger charge is 2.20. The highest BCUT2D eigenvalue weighted by atomic mass is 16.6. The highest BCUT2D eigenvalue weighted by molar-refractivity contribution is 5.94. The van der Waals surface area contributed by atoms with E-state index in [0.717, 1.165) is 28.2 Å². The van der Waals surface area contributed by atoms with Crippen molar-refractivity contribution in [3.63, 3.8) is 0 Å². The summed E-state index contributed by atoms with van der Waals surface area (Å²) in [6.07, 6.45) is 0. The summed E-state index contributed by atoms with van der Waals surface area (Å²) in [7, 11) is 1.73. The molecule has 29 heavy (non-hydrogen) atoms. The fourth-order valence-electron chi connectivity index (χ4n) is 3.46. The van der Waals surface area contributed by atoms with E-state index < -0.39 is 4.92 Å². The Labute approximate surface area is 169 Å². The third-order valence-electron chi connectivity index (χ3n) is 5.17. The van der Waals surface area contributed by atoms with Crippen LogP contribution in [0.3, 0.4) is 0 Å². The predicted octanol–water partition coefficient (Wildman–Crippen LogP) is 4.29. The lowest BCUT2D eigenvalue weighted by molar-refractivity contribution is -0.385. The number of rotatable bonds is 5. The summed E-state index contributed by atoms with van der Waals surface area (Å²) >= 11 is 0. The Morgan fingerprint density at radius 1 is 1.10 bits per heavy atom. The van der Waals surface area contributed by atoms with Crippen molar-refractivity contribution in [3.8, 4) is 5.69 Å². The van der Waals surface area contributed by atoms with Crippen LogP contribution >= 0.6 is 0 Å². The lowest BCUT2D eigenvalue weighted by Gasteiger charge is -2.18. The van der Waals surface area contributed by atoms with Crippen molar-refractivity contribution >= 4 is 11.6 Å². The van der Waals surface area contributed by atoms with Gasteiger partial charge in [-0.1, -0.05) is 18.2 Å². The molecule has 1 amide bonds. The summed E-state index contributed by atoms with van der Waals surface area (Å²) in [5.74, 6) is -0.189. The van der Waals surface area contributed by atoms with Crippen LogP contribution in [0.4, 0.5) is 5.69 Å². The largest absolute Gasteiger partial charge is 0.337 e. The van der Waals surface area contributed by atoms with Gasteiger partial charge in [0.2, 0.25) is 0 Å². The number of aryl methyl sites for hydroxylation is 3. The molecular formula is C22H24N4O3. The number of hydrogen-bond acceptors (Lipinski definition) is 4. The minimum atomic E-state index is -0.444. The van der Waals surface area contributed by atoms with E-state index >= 15 is 0 Å². The van der Waals surface area contributed by atoms with Gasteiger partial charge < -0.3 is 4.90 Å². The van der Waals surface area contributed by atoms with Gasteiger partial charge in [0.1, 0.15) is 0 Å². The maximum absolute atomic E-state index is 12.9. The second kappa shape index (κ2) is 7.87. The number of nitro groups is 1. The normalized spacial score (nSPS) is 10.8. The van der Waals surface area contributed by atoms with Crippen molar-refractivity contribution < 1.29 is 9.72 Å². The maximum Gasteiger partial charge on any atom is 0.272 e. The van der Waals surface area contributed by atoms with Gasteiger partial charge in [0, 0.05) is 42.0 Å². The van der Waals surface area contributed by atoms with Gasteiger partial charge in [0.25, 0.3) is 11.6 Å². The topological polar surface area (TPSA) is 81.3 Å². The molecule has 7 nitrogen and oxygen atoms in total. The van der Waals surface area contributed by atoms with Crippen molar-refractivity contribution in [1.29, 1.82) is 0 Å². The molecule has 0 saturated carbocycles. The molecule has 3 aromatic rings. The molecule has 150 valence electrons. The van der Waals surface area contributed by atoms with Crippen LogP contribution in [0.5, 0.6) is 0 Å². The molecule has 7 heteroatoms. The molecule has 1 aromatic heterocycles. The van der Waals surface area contributed by atoms with E-state index in [2.05, 4.69) is 5.10 Å². The fourth-order valence-corrected chi connectivity index (χ4v) is 3.46. The van der Waals surface area contributed by atoms with Crippen LogP contribution in [0.1, 0.15) is 38.4 Å². The minimum absolute atomic E-state index is 0.00963. The second-order valence-electron chi connectivity index (χ2n) is 7.27. The smallest absolute Gasteiger partial charge is 0.272 e. The van der Waals surface area contributed by atoms with Crippen LogP contribution in [-0.4, -0.2) is 32.6 Å². The Kier molecular flexibility index (Phi) is 5.50. The third kappa shape index (κ3) is 3.89. The minimum Gasteiger partial charge on any atom is -0.337 e. The number of nitrogens with zero attached hydrogens (tertiary/aromatic N) is 4. The van der Waals surface area contributed by atoms with Crippen LogP contribution in [-0.2, 0) is 6.54 Å². The van der Waals surface area contributed by atoms with Gasteiger partial charge >= 0.3 is 0 Å². The van der Waals surface area contributed by atoms with Crippen molar-refractivity contribution in [2.45, 2.75) is 34.2 Å². The van der Waals surface area contributed by atoms with Crippen molar-refractivity contribution in [1.82, 2.24) is 14.7 Å². The van der Waals surface area contributed by atoms with Gasteiger partial charge in [-0.05, 0) is 51.5 Å². The number of benzene rings is 2. The maximum atomic E-state index is 12.9. The Bertz CT molecular complexity index is 1100. The average Bonchev–Trinajstić information content (AvgIpc) is 2.95. The Hall–Kier alpha value is -3.48. The number of aromatic nitrogens is 2. The Morgan fingerprint density at radius 2 is 1.79 bits per heavy atom. The van der Waals surface area contributed by atoms with Gasteiger partial charge in [-0.15, -0.1) is 0 Å². The first-order chi connectivity index (χ1) is 13.7. The van der Waals surface area contributed by atoms with E-state index in [1.165, 1.54) is 12.1 Å². The monoisotopic (exact) mass is 392 g/mol. The SMILES string of the molecule is Cc1ccccc1-n1nc(C)c(CN(C)C(=O)c2ccc([N+](=O)[O-])c(C)c2)c1C. The van der Waals surface area contributed by atoms with E-state index in [1.54, 1.807) is 24.9 Å². The average molecular weight is 392 g/mol. The van der Waals surface area contributed by atoms with Gasteiger partial charge in [0.15, 0.2) is 0 Å². The zero-order valence-corrected chi connectivity index (χ0v) is 17.3. The van der Waals surface area contributed by atoms with Gasteiger partial charge in [-0.25, -0.2) is 4.68 Å². The second-order valence-corrected chi connectivity index (χ2v) is 7.27. The Morgan fingerprint density at radius 3 is 2.41 bits per heavy atom. The van der Waals surface area contributed by atoms with Crippen molar-refractivity contribution in [2.75, 3.05) is 7.05 Å². The Balaban J connectivity index is 1.87. The van der Waals surface area contributed by atoms with Crippen LogP contribution in [0.15, 0.2) is 42.5 Å². The van der Waals surface area contributed by atoms with Gasteiger partial charge in [0.05, 0.1) is 16.3 Å². The molecule has 0 saturated heterocycles. The first-order valence-corrected chi connectivity index (χ1v) is 9.32. The number of carbonyl (C=O) groups is 1. The molecule has 2 aromatic carbocycles. The predicted molar refractivity (Wildman–Crippen MR) is 111 cm³/mol. The quantitative estimate of drug-likeness (QED) is 0.479. The molecule has 0 aliphatic carbocycles. The first-order valence-electron chi connectivity index (χ1n) is 9.32.